The summed E-state index contributed by atoms with van der Waals surface area (Å²) in [4.78, 5) is 29.0. The average Bonchev–Trinajstić information content (AvgIpc) is 3.00. The standard InChI is InChI=1S/C18H22N2O4/c21-17(19-9-5-2-6-10-19)15-16-18(22)20(12-14(23-15)24-16)11-13-7-3-1-4-8-13/h1,3-4,7-8,14-16H,2,5-6,9-12H2/t14-,15-,16-/m0/s1. The van der Waals surface area contributed by atoms with Crippen LogP contribution in [-0.2, 0) is 25.6 Å². The number of benzene rings is 1. The van der Waals surface area contributed by atoms with Gasteiger partial charge in [-0.05, 0) is 24.8 Å². The molecule has 3 saturated heterocycles. The molecule has 3 fully saturated rings. The van der Waals surface area contributed by atoms with Crippen molar-refractivity contribution in [3.63, 3.8) is 0 Å². The lowest BCUT2D eigenvalue weighted by atomic mass is 10.1. The zero-order valence-corrected chi connectivity index (χ0v) is 13.6. The highest BCUT2D eigenvalue weighted by atomic mass is 16.7. The Bertz CT molecular complexity index is 615. The fraction of sp³-hybridized carbons (Fsp3) is 0.556. The number of fused-ring (bicyclic) bond motifs is 2. The van der Waals surface area contributed by atoms with E-state index < -0.39 is 18.5 Å². The fourth-order valence-corrected chi connectivity index (χ4v) is 3.65. The summed E-state index contributed by atoms with van der Waals surface area (Å²) >= 11 is 0. The van der Waals surface area contributed by atoms with Crippen molar-refractivity contribution in [1.29, 1.82) is 0 Å². The maximum Gasteiger partial charge on any atom is 0.255 e. The van der Waals surface area contributed by atoms with E-state index in [4.69, 9.17) is 9.47 Å². The number of likely N-dealkylation sites (tertiary alicyclic amines) is 1. The minimum Gasteiger partial charge on any atom is -0.340 e. The van der Waals surface area contributed by atoms with Gasteiger partial charge in [0, 0.05) is 19.6 Å². The number of morpholine rings is 1. The maximum absolute atomic E-state index is 12.7. The van der Waals surface area contributed by atoms with E-state index in [9.17, 15) is 9.59 Å². The van der Waals surface area contributed by atoms with Crippen LogP contribution in [0, 0.1) is 0 Å². The number of hydrogen-bond donors (Lipinski definition) is 0. The molecule has 0 unspecified atom stereocenters. The quantitative estimate of drug-likeness (QED) is 0.834. The molecule has 3 atom stereocenters. The number of hydrogen-bond acceptors (Lipinski definition) is 4. The van der Waals surface area contributed by atoms with Crippen LogP contribution in [0.3, 0.4) is 0 Å². The Labute approximate surface area is 141 Å². The molecule has 3 aliphatic rings. The Hall–Kier alpha value is -1.92. The van der Waals surface area contributed by atoms with Gasteiger partial charge in [-0.15, -0.1) is 0 Å². The van der Waals surface area contributed by atoms with E-state index in [1.165, 1.54) is 0 Å². The lowest BCUT2D eigenvalue weighted by molar-refractivity contribution is -0.162. The Kier molecular flexibility index (Phi) is 4.24. The van der Waals surface area contributed by atoms with Gasteiger partial charge in [-0.1, -0.05) is 30.3 Å². The highest BCUT2D eigenvalue weighted by Crippen LogP contribution is 2.29. The molecule has 0 aliphatic carbocycles. The molecule has 2 bridgehead atoms. The molecular weight excluding hydrogens is 308 g/mol. The SMILES string of the molecule is O=C([C@H]1O[C@@H]2CN(Cc3ccccc3)C(=O)[C@H]1O2)N1CCCCC1. The predicted molar refractivity (Wildman–Crippen MR) is 85.8 cm³/mol. The second kappa shape index (κ2) is 6.53. The third kappa shape index (κ3) is 2.91. The molecule has 128 valence electrons. The van der Waals surface area contributed by atoms with Gasteiger partial charge in [0.2, 0.25) is 0 Å². The maximum atomic E-state index is 12.7. The van der Waals surface area contributed by atoms with Gasteiger partial charge in [0.05, 0.1) is 6.54 Å². The number of amides is 2. The Morgan fingerprint density at radius 3 is 2.58 bits per heavy atom. The van der Waals surface area contributed by atoms with Crippen molar-refractivity contribution in [2.75, 3.05) is 19.6 Å². The predicted octanol–water partition coefficient (Wildman–Crippen LogP) is 1.15. The molecule has 4 rings (SSSR count). The number of ether oxygens (including phenoxy) is 2. The zero-order chi connectivity index (χ0) is 16.5. The van der Waals surface area contributed by atoms with Gasteiger partial charge in [0.15, 0.2) is 18.5 Å². The zero-order valence-electron chi connectivity index (χ0n) is 13.6. The average molecular weight is 330 g/mol. The number of piperidine rings is 1. The summed E-state index contributed by atoms with van der Waals surface area (Å²) in [6.45, 7) is 2.38. The van der Waals surface area contributed by atoms with Crippen LogP contribution in [0.15, 0.2) is 30.3 Å². The third-order valence-electron chi connectivity index (χ3n) is 4.92. The van der Waals surface area contributed by atoms with Crippen molar-refractivity contribution >= 4 is 11.8 Å². The topological polar surface area (TPSA) is 59.1 Å². The van der Waals surface area contributed by atoms with Crippen LogP contribution >= 0.6 is 0 Å². The van der Waals surface area contributed by atoms with Crippen LogP contribution in [0.5, 0.6) is 0 Å². The Balaban J connectivity index is 1.46. The third-order valence-corrected chi connectivity index (χ3v) is 4.92. The van der Waals surface area contributed by atoms with E-state index in [1.807, 2.05) is 35.2 Å². The first-order chi connectivity index (χ1) is 11.7. The molecule has 0 aromatic heterocycles. The second-order valence-electron chi connectivity index (χ2n) is 6.63. The molecule has 6 nitrogen and oxygen atoms in total. The molecule has 2 amide bonds. The second-order valence-corrected chi connectivity index (χ2v) is 6.63. The number of nitrogens with zero attached hydrogens (tertiary/aromatic N) is 2. The van der Waals surface area contributed by atoms with Crippen molar-refractivity contribution in [2.24, 2.45) is 0 Å². The largest absolute Gasteiger partial charge is 0.340 e. The van der Waals surface area contributed by atoms with Crippen molar-refractivity contribution in [3.05, 3.63) is 35.9 Å². The van der Waals surface area contributed by atoms with Gasteiger partial charge >= 0.3 is 0 Å². The van der Waals surface area contributed by atoms with Gasteiger partial charge < -0.3 is 19.3 Å². The number of rotatable bonds is 3. The first kappa shape index (κ1) is 15.6. The molecule has 1 aromatic carbocycles. The summed E-state index contributed by atoms with van der Waals surface area (Å²) < 4.78 is 11.4. The summed E-state index contributed by atoms with van der Waals surface area (Å²) in [6, 6.07) is 9.83. The molecule has 3 aliphatic heterocycles. The molecule has 0 spiro atoms. The lowest BCUT2D eigenvalue weighted by Crippen LogP contribution is -2.52. The van der Waals surface area contributed by atoms with E-state index in [0.29, 0.717) is 13.1 Å². The van der Waals surface area contributed by atoms with Gasteiger partial charge in [-0.25, -0.2) is 0 Å². The molecule has 0 saturated carbocycles. The first-order valence-corrected chi connectivity index (χ1v) is 8.65. The smallest absolute Gasteiger partial charge is 0.255 e. The van der Waals surface area contributed by atoms with Crippen LogP contribution in [0.4, 0.5) is 0 Å². The minimum absolute atomic E-state index is 0.0999. The summed E-state index contributed by atoms with van der Waals surface area (Å²) in [5, 5.41) is 0. The summed E-state index contributed by atoms with van der Waals surface area (Å²) in [5.41, 5.74) is 1.06. The first-order valence-electron chi connectivity index (χ1n) is 8.65. The van der Waals surface area contributed by atoms with Crippen LogP contribution in [-0.4, -0.2) is 59.7 Å². The molecule has 0 N–H and O–H groups in total. The molecule has 24 heavy (non-hydrogen) atoms. The molecule has 6 heteroatoms. The van der Waals surface area contributed by atoms with Crippen molar-refractivity contribution in [3.8, 4) is 0 Å². The van der Waals surface area contributed by atoms with Gasteiger partial charge in [0.1, 0.15) is 0 Å². The summed E-state index contributed by atoms with van der Waals surface area (Å²) in [7, 11) is 0. The van der Waals surface area contributed by atoms with E-state index in [1.54, 1.807) is 4.90 Å². The van der Waals surface area contributed by atoms with Crippen molar-refractivity contribution < 1.29 is 19.1 Å². The normalized spacial score (nSPS) is 29.8. The number of carbonyl (C=O) groups is 2. The van der Waals surface area contributed by atoms with Crippen LogP contribution in [0.2, 0.25) is 0 Å². The Morgan fingerprint density at radius 1 is 1.08 bits per heavy atom. The summed E-state index contributed by atoms with van der Waals surface area (Å²) in [6.07, 6.45) is 1.09. The van der Waals surface area contributed by atoms with Gasteiger partial charge in [0.25, 0.3) is 11.8 Å². The van der Waals surface area contributed by atoms with Gasteiger partial charge in [-0.3, -0.25) is 9.59 Å². The fourth-order valence-electron chi connectivity index (χ4n) is 3.65. The van der Waals surface area contributed by atoms with Crippen molar-refractivity contribution in [1.82, 2.24) is 9.80 Å². The Morgan fingerprint density at radius 2 is 1.83 bits per heavy atom. The molecule has 3 heterocycles. The lowest BCUT2D eigenvalue weighted by Gasteiger charge is -2.32. The molecule has 1 aromatic rings. The minimum atomic E-state index is -0.804. The highest BCUT2D eigenvalue weighted by Gasteiger charge is 2.52. The van der Waals surface area contributed by atoms with E-state index in [0.717, 1.165) is 37.9 Å². The van der Waals surface area contributed by atoms with E-state index in [2.05, 4.69) is 0 Å². The van der Waals surface area contributed by atoms with Gasteiger partial charge in [-0.2, -0.15) is 0 Å². The molecule has 0 radical (unpaired) electrons. The van der Waals surface area contributed by atoms with E-state index >= 15 is 0 Å². The van der Waals surface area contributed by atoms with Crippen LogP contribution < -0.4 is 0 Å². The summed E-state index contributed by atoms with van der Waals surface area (Å²) in [5.74, 6) is -0.250. The molecular formula is C18H22N2O4. The number of carbonyl (C=O) groups excluding carboxylic acids is 2. The van der Waals surface area contributed by atoms with Crippen LogP contribution in [0.1, 0.15) is 24.8 Å². The van der Waals surface area contributed by atoms with Crippen LogP contribution in [0.25, 0.3) is 0 Å². The van der Waals surface area contributed by atoms with E-state index in [-0.39, 0.29) is 11.8 Å². The van der Waals surface area contributed by atoms with Crippen molar-refractivity contribution in [2.45, 2.75) is 44.3 Å². The monoisotopic (exact) mass is 330 g/mol. The highest BCUT2D eigenvalue weighted by molar-refractivity contribution is 5.92.